The van der Waals surface area contributed by atoms with Crippen LogP contribution in [-0.4, -0.2) is 22.5 Å². The van der Waals surface area contributed by atoms with Crippen LogP contribution in [0.4, 0.5) is 4.39 Å². The van der Waals surface area contributed by atoms with Gasteiger partial charge in [0.2, 0.25) is 0 Å². The monoisotopic (exact) mass is 316 g/mol. The summed E-state index contributed by atoms with van der Waals surface area (Å²) in [6.45, 7) is 6.16. The van der Waals surface area contributed by atoms with Gasteiger partial charge in [0.15, 0.2) is 0 Å². The van der Waals surface area contributed by atoms with Gasteiger partial charge in [-0.3, -0.25) is 0 Å². The number of alkyl halides is 1. The Labute approximate surface area is 137 Å². The lowest BCUT2D eigenvalue weighted by Gasteiger charge is -2.55. The third kappa shape index (κ3) is 1.83. The maximum absolute atomic E-state index is 14.7. The van der Waals surface area contributed by atoms with Crippen LogP contribution in [0.25, 0.3) is 0 Å². The highest BCUT2D eigenvalue weighted by Crippen LogP contribution is 2.64. The van der Waals surface area contributed by atoms with Gasteiger partial charge in [0.1, 0.15) is 11.9 Å². The van der Waals surface area contributed by atoms with Crippen molar-refractivity contribution in [2.24, 2.45) is 17.3 Å². The fourth-order valence-corrected chi connectivity index (χ4v) is 5.97. The summed E-state index contributed by atoms with van der Waals surface area (Å²) in [5, 5.41) is 19.9. The average molecular weight is 316 g/mol. The molecule has 1 aromatic rings. The Hall–Kier alpha value is -1.35. The summed E-state index contributed by atoms with van der Waals surface area (Å²) < 4.78 is 14.7. The van der Waals surface area contributed by atoms with Gasteiger partial charge in [0.05, 0.1) is 6.10 Å². The number of fused-ring (bicyclic) bond motifs is 5. The van der Waals surface area contributed by atoms with E-state index in [4.69, 9.17) is 0 Å². The predicted molar refractivity (Wildman–Crippen MR) is 88.1 cm³/mol. The predicted octanol–water partition coefficient (Wildman–Crippen LogP) is 3.90. The molecule has 1 aromatic carbocycles. The number of hydrogen-bond donors (Lipinski definition) is 2. The molecule has 2 unspecified atom stereocenters. The summed E-state index contributed by atoms with van der Waals surface area (Å²) in [4.78, 5) is 0. The van der Waals surface area contributed by atoms with E-state index in [1.165, 1.54) is 11.1 Å². The normalized spacial score (nSPS) is 45.0. The van der Waals surface area contributed by atoms with E-state index in [-0.39, 0.29) is 11.3 Å². The summed E-state index contributed by atoms with van der Waals surface area (Å²) in [6.07, 6.45) is 4.21. The van der Waals surface area contributed by atoms with Gasteiger partial charge in [-0.05, 0) is 67.2 Å². The van der Waals surface area contributed by atoms with Crippen molar-refractivity contribution in [2.45, 2.75) is 56.7 Å². The van der Waals surface area contributed by atoms with Gasteiger partial charge in [-0.15, -0.1) is 6.58 Å². The highest BCUT2D eigenvalue weighted by molar-refractivity contribution is 5.46. The number of benzene rings is 1. The molecule has 3 aliphatic rings. The largest absolute Gasteiger partial charge is 0.508 e. The fourth-order valence-electron chi connectivity index (χ4n) is 5.97. The van der Waals surface area contributed by atoms with Crippen molar-refractivity contribution in [3.05, 3.63) is 42.0 Å². The molecular formula is C20H25FO2. The third-order valence-electron chi connectivity index (χ3n) is 7.21. The van der Waals surface area contributed by atoms with Crippen molar-refractivity contribution in [3.8, 4) is 5.75 Å². The number of phenols is 1. The van der Waals surface area contributed by atoms with Gasteiger partial charge in [-0.1, -0.05) is 19.1 Å². The molecule has 0 aliphatic heterocycles. The zero-order chi connectivity index (χ0) is 16.4. The zero-order valence-corrected chi connectivity index (χ0v) is 13.6. The number of aromatic hydroxyl groups is 1. The fraction of sp³-hybridized carbons (Fsp3) is 0.600. The van der Waals surface area contributed by atoms with Crippen LogP contribution < -0.4 is 0 Å². The minimum absolute atomic E-state index is 0.144. The topological polar surface area (TPSA) is 40.5 Å². The van der Waals surface area contributed by atoms with Crippen LogP contribution in [0.3, 0.4) is 0 Å². The van der Waals surface area contributed by atoms with Gasteiger partial charge < -0.3 is 10.2 Å². The van der Waals surface area contributed by atoms with Crippen molar-refractivity contribution in [1.82, 2.24) is 0 Å². The third-order valence-corrected chi connectivity index (χ3v) is 7.21. The van der Waals surface area contributed by atoms with E-state index in [1.54, 1.807) is 6.07 Å². The highest BCUT2D eigenvalue weighted by atomic mass is 19.1. The average Bonchev–Trinajstić information content (AvgIpc) is 2.77. The molecule has 2 fully saturated rings. The van der Waals surface area contributed by atoms with Gasteiger partial charge >= 0.3 is 0 Å². The summed E-state index contributed by atoms with van der Waals surface area (Å²) in [7, 11) is 0. The Kier molecular flexibility index (Phi) is 3.19. The number of halogens is 1. The molecule has 2 N–H and O–H groups in total. The number of phenolic OH excluding ortho intramolecular Hbond substituents is 1. The lowest BCUT2D eigenvalue weighted by molar-refractivity contribution is -0.0198. The Balaban J connectivity index is 1.83. The second-order valence-electron chi connectivity index (χ2n) is 8.05. The van der Waals surface area contributed by atoms with Crippen LogP contribution in [-0.2, 0) is 11.8 Å². The molecule has 0 bridgehead atoms. The first kappa shape index (κ1) is 15.2. The quantitative estimate of drug-likeness (QED) is 0.772. The van der Waals surface area contributed by atoms with E-state index in [0.717, 1.165) is 25.7 Å². The van der Waals surface area contributed by atoms with E-state index < -0.39 is 17.7 Å². The molecule has 124 valence electrons. The number of aryl methyl sites for hydroxylation is 1. The lowest BCUT2D eigenvalue weighted by atomic mass is 9.48. The number of hydrogen-bond acceptors (Lipinski definition) is 2. The van der Waals surface area contributed by atoms with E-state index in [2.05, 4.69) is 12.7 Å². The molecule has 0 spiro atoms. The molecule has 0 saturated heterocycles. The van der Waals surface area contributed by atoms with Crippen molar-refractivity contribution >= 4 is 0 Å². The van der Waals surface area contributed by atoms with Gasteiger partial charge in [-0.25, -0.2) is 4.39 Å². The molecule has 0 amide bonds. The van der Waals surface area contributed by atoms with Crippen molar-refractivity contribution in [3.63, 3.8) is 0 Å². The van der Waals surface area contributed by atoms with E-state index in [0.29, 0.717) is 18.1 Å². The zero-order valence-electron chi connectivity index (χ0n) is 13.6. The molecule has 23 heavy (non-hydrogen) atoms. The summed E-state index contributed by atoms with van der Waals surface area (Å²) >= 11 is 0. The molecule has 0 radical (unpaired) electrons. The SMILES string of the molecule is C=C[C@]12CC[C@@]3(C)C(C[C@@H](O)[C@@H]3F)C1CCc1cc(O)ccc12. The molecule has 2 saturated carbocycles. The molecular weight excluding hydrogens is 291 g/mol. The van der Waals surface area contributed by atoms with Crippen LogP contribution in [0.2, 0.25) is 0 Å². The maximum atomic E-state index is 14.7. The second kappa shape index (κ2) is 4.83. The first-order chi connectivity index (χ1) is 10.9. The summed E-state index contributed by atoms with van der Waals surface area (Å²) in [5.41, 5.74) is 1.89. The summed E-state index contributed by atoms with van der Waals surface area (Å²) in [5.74, 6) is 0.828. The van der Waals surface area contributed by atoms with Gasteiger partial charge in [0.25, 0.3) is 0 Å². The highest BCUT2D eigenvalue weighted by Gasteiger charge is 2.62. The lowest BCUT2D eigenvalue weighted by Crippen LogP contribution is -2.51. The summed E-state index contributed by atoms with van der Waals surface area (Å²) in [6, 6.07) is 5.65. The first-order valence-corrected chi connectivity index (χ1v) is 8.70. The van der Waals surface area contributed by atoms with Crippen LogP contribution in [0.5, 0.6) is 5.75 Å². The van der Waals surface area contributed by atoms with Crippen molar-refractivity contribution in [1.29, 1.82) is 0 Å². The number of rotatable bonds is 1. The van der Waals surface area contributed by atoms with E-state index >= 15 is 0 Å². The number of allylic oxidation sites excluding steroid dienone is 1. The van der Waals surface area contributed by atoms with Crippen LogP contribution >= 0.6 is 0 Å². The smallest absolute Gasteiger partial charge is 0.131 e. The number of aliphatic hydroxyl groups excluding tert-OH is 1. The van der Waals surface area contributed by atoms with Crippen molar-refractivity contribution in [2.75, 3.05) is 0 Å². The van der Waals surface area contributed by atoms with Gasteiger partial charge in [0, 0.05) is 10.8 Å². The standard InChI is InChI=1S/C20H25FO2/c1-3-20-9-8-19(2)16(11-17(23)18(19)21)15(20)6-4-12-10-13(22)5-7-14(12)20/h3,5,7,10,15-18,22-23H,1,4,6,8-9,11H2,2H3/t15?,16?,17-,18+,19+,20-/m1/s1. The Morgan fingerprint density at radius 2 is 2.09 bits per heavy atom. The minimum atomic E-state index is -1.11. The number of aliphatic hydroxyl groups is 1. The van der Waals surface area contributed by atoms with Crippen molar-refractivity contribution < 1.29 is 14.6 Å². The Bertz CT molecular complexity index is 657. The molecule has 0 heterocycles. The van der Waals surface area contributed by atoms with E-state index in [1.807, 2.05) is 19.1 Å². The second-order valence-corrected chi connectivity index (χ2v) is 8.05. The van der Waals surface area contributed by atoms with Gasteiger partial charge in [-0.2, -0.15) is 0 Å². The van der Waals surface area contributed by atoms with E-state index in [9.17, 15) is 14.6 Å². The van der Waals surface area contributed by atoms with Crippen LogP contribution in [0.1, 0.15) is 43.7 Å². The molecule has 6 atom stereocenters. The minimum Gasteiger partial charge on any atom is -0.508 e. The molecule has 2 nitrogen and oxygen atoms in total. The maximum Gasteiger partial charge on any atom is 0.131 e. The van der Waals surface area contributed by atoms with Crippen LogP contribution in [0, 0.1) is 17.3 Å². The molecule has 4 rings (SSSR count). The van der Waals surface area contributed by atoms with Crippen LogP contribution in [0.15, 0.2) is 30.9 Å². The molecule has 0 aromatic heterocycles. The molecule has 3 heteroatoms. The molecule has 3 aliphatic carbocycles. The Morgan fingerprint density at radius 1 is 1.30 bits per heavy atom. The Morgan fingerprint density at radius 3 is 2.83 bits per heavy atom. The first-order valence-electron chi connectivity index (χ1n) is 8.70.